The maximum Gasteiger partial charge on any atom is 0.387 e. The molecule has 1 aromatic carbocycles. The minimum absolute atomic E-state index is 0.190. The molecule has 0 aliphatic carbocycles. The molecule has 0 aliphatic heterocycles. The number of para-hydroxylation sites is 1. The zero-order valence-corrected chi connectivity index (χ0v) is 9.63. The molecule has 0 aromatic heterocycles. The molecule has 0 unspecified atom stereocenters. The van der Waals surface area contributed by atoms with Gasteiger partial charge in [-0.25, -0.2) is 0 Å². The van der Waals surface area contributed by atoms with Crippen LogP contribution in [0.3, 0.4) is 0 Å². The summed E-state index contributed by atoms with van der Waals surface area (Å²) in [5.74, 6) is 0.461. The average molecular weight is 216 g/mol. The molecule has 0 bridgehead atoms. The van der Waals surface area contributed by atoms with Gasteiger partial charge in [0.05, 0.1) is 0 Å². The van der Waals surface area contributed by atoms with Crippen molar-refractivity contribution in [3.8, 4) is 5.75 Å². The van der Waals surface area contributed by atoms with Crippen LogP contribution in [0.1, 0.15) is 39.2 Å². The molecule has 0 saturated carbocycles. The Kier molecular flexibility index (Phi) is 6.67. The highest BCUT2D eigenvalue weighted by Crippen LogP contribution is 2.26. The molecule has 1 rings (SSSR count). The van der Waals surface area contributed by atoms with E-state index in [1.807, 2.05) is 33.8 Å². The van der Waals surface area contributed by atoms with Gasteiger partial charge in [0.2, 0.25) is 0 Å². The molecule has 1 aromatic rings. The molecule has 15 heavy (non-hydrogen) atoms. The fraction of sp³-hybridized carbons (Fsp3) is 0.500. The van der Waals surface area contributed by atoms with Crippen LogP contribution in [0.15, 0.2) is 24.3 Å². The molecular formula is C12H18F2O. The highest BCUT2D eigenvalue weighted by Gasteiger charge is 2.10. The first kappa shape index (κ1) is 13.9. The standard InChI is InChI=1S/C10H12F2O.C2H6/c1-7(2)8-5-3-4-6-9(8)13-10(11)12;1-2/h3-7,10H,1-2H3;1-2H3. The number of rotatable bonds is 3. The summed E-state index contributed by atoms with van der Waals surface area (Å²) in [7, 11) is 0. The zero-order chi connectivity index (χ0) is 11.8. The topological polar surface area (TPSA) is 9.23 Å². The van der Waals surface area contributed by atoms with Gasteiger partial charge in [0.1, 0.15) is 5.75 Å². The molecule has 0 spiro atoms. The molecule has 3 heteroatoms. The van der Waals surface area contributed by atoms with Gasteiger partial charge in [0.25, 0.3) is 0 Å². The van der Waals surface area contributed by atoms with Gasteiger partial charge in [-0.05, 0) is 17.5 Å². The van der Waals surface area contributed by atoms with Crippen molar-refractivity contribution in [2.24, 2.45) is 0 Å². The Labute approximate surface area is 90.1 Å². The highest BCUT2D eigenvalue weighted by molar-refractivity contribution is 5.35. The van der Waals surface area contributed by atoms with E-state index in [1.165, 1.54) is 0 Å². The normalized spacial score (nSPS) is 9.87. The first-order chi connectivity index (χ1) is 7.11. The summed E-state index contributed by atoms with van der Waals surface area (Å²) >= 11 is 0. The van der Waals surface area contributed by atoms with Crippen LogP contribution >= 0.6 is 0 Å². The lowest BCUT2D eigenvalue weighted by atomic mass is 10.0. The van der Waals surface area contributed by atoms with Crippen LogP contribution < -0.4 is 4.74 Å². The summed E-state index contributed by atoms with van der Waals surface area (Å²) in [4.78, 5) is 0. The van der Waals surface area contributed by atoms with Crippen LogP contribution in [0.2, 0.25) is 0 Å². The van der Waals surface area contributed by atoms with E-state index >= 15 is 0 Å². The van der Waals surface area contributed by atoms with Crippen LogP contribution in [-0.2, 0) is 0 Å². The first-order valence-electron chi connectivity index (χ1n) is 5.15. The van der Waals surface area contributed by atoms with Crippen molar-refractivity contribution in [2.75, 3.05) is 0 Å². The number of hydrogen-bond acceptors (Lipinski definition) is 1. The second-order valence-electron chi connectivity index (χ2n) is 3.07. The Morgan fingerprint density at radius 1 is 1.07 bits per heavy atom. The first-order valence-corrected chi connectivity index (χ1v) is 5.15. The summed E-state index contributed by atoms with van der Waals surface area (Å²) in [6.07, 6.45) is 0. The average Bonchev–Trinajstić information content (AvgIpc) is 2.20. The molecule has 0 heterocycles. The molecular weight excluding hydrogens is 198 g/mol. The second-order valence-corrected chi connectivity index (χ2v) is 3.07. The number of ether oxygens (including phenoxy) is 1. The van der Waals surface area contributed by atoms with Crippen LogP contribution in [0.5, 0.6) is 5.75 Å². The maximum absolute atomic E-state index is 11.9. The van der Waals surface area contributed by atoms with Crippen molar-refractivity contribution < 1.29 is 13.5 Å². The van der Waals surface area contributed by atoms with E-state index < -0.39 is 6.61 Å². The molecule has 0 N–H and O–H groups in total. The van der Waals surface area contributed by atoms with E-state index in [4.69, 9.17) is 0 Å². The SMILES string of the molecule is CC.CC(C)c1ccccc1OC(F)F. The quantitative estimate of drug-likeness (QED) is 0.725. The van der Waals surface area contributed by atoms with Crippen LogP contribution in [-0.4, -0.2) is 6.61 Å². The maximum atomic E-state index is 11.9. The molecule has 0 aliphatic rings. The predicted octanol–water partition coefficient (Wildman–Crippen LogP) is 4.44. The Balaban J connectivity index is 0.000000921. The third kappa shape index (κ3) is 4.77. The molecule has 0 saturated heterocycles. The van der Waals surface area contributed by atoms with Crippen LogP contribution in [0, 0.1) is 0 Å². The lowest BCUT2D eigenvalue weighted by Crippen LogP contribution is -2.04. The Hall–Kier alpha value is -1.12. The number of halogens is 2. The second kappa shape index (κ2) is 7.21. The van der Waals surface area contributed by atoms with Crippen molar-refractivity contribution >= 4 is 0 Å². The van der Waals surface area contributed by atoms with E-state index in [0.29, 0.717) is 0 Å². The van der Waals surface area contributed by atoms with E-state index in [0.717, 1.165) is 5.56 Å². The van der Waals surface area contributed by atoms with Gasteiger partial charge in [-0.1, -0.05) is 45.9 Å². The number of alkyl halides is 2. The summed E-state index contributed by atoms with van der Waals surface area (Å²) in [5, 5.41) is 0. The van der Waals surface area contributed by atoms with Gasteiger partial charge in [0, 0.05) is 0 Å². The predicted molar refractivity (Wildman–Crippen MR) is 58.5 cm³/mol. The van der Waals surface area contributed by atoms with E-state index in [2.05, 4.69) is 4.74 Å². The Morgan fingerprint density at radius 2 is 1.60 bits per heavy atom. The summed E-state index contributed by atoms with van der Waals surface area (Å²) in [6.45, 7) is 5.13. The third-order valence-corrected chi connectivity index (χ3v) is 1.76. The summed E-state index contributed by atoms with van der Waals surface area (Å²) in [6, 6.07) is 6.85. The fourth-order valence-electron chi connectivity index (χ4n) is 1.16. The minimum atomic E-state index is -2.75. The van der Waals surface area contributed by atoms with Gasteiger partial charge in [0.15, 0.2) is 0 Å². The van der Waals surface area contributed by atoms with Crippen molar-refractivity contribution in [1.29, 1.82) is 0 Å². The lowest BCUT2D eigenvalue weighted by molar-refractivity contribution is -0.0505. The van der Waals surface area contributed by atoms with E-state index in [-0.39, 0.29) is 11.7 Å². The zero-order valence-electron chi connectivity index (χ0n) is 9.63. The third-order valence-electron chi connectivity index (χ3n) is 1.76. The highest BCUT2D eigenvalue weighted by atomic mass is 19.3. The molecule has 0 atom stereocenters. The van der Waals surface area contributed by atoms with Gasteiger partial charge in [-0.2, -0.15) is 8.78 Å². The van der Waals surface area contributed by atoms with Gasteiger partial charge < -0.3 is 4.74 Å². The van der Waals surface area contributed by atoms with Crippen LogP contribution in [0.4, 0.5) is 8.78 Å². The van der Waals surface area contributed by atoms with Gasteiger partial charge in [-0.3, -0.25) is 0 Å². The smallest absolute Gasteiger partial charge is 0.387 e. The molecule has 86 valence electrons. The molecule has 0 amide bonds. The Bertz CT molecular complexity index is 272. The van der Waals surface area contributed by atoms with E-state index in [9.17, 15) is 8.78 Å². The largest absolute Gasteiger partial charge is 0.435 e. The fourth-order valence-corrected chi connectivity index (χ4v) is 1.16. The van der Waals surface area contributed by atoms with Crippen molar-refractivity contribution in [1.82, 2.24) is 0 Å². The Morgan fingerprint density at radius 3 is 2.07 bits per heavy atom. The minimum Gasteiger partial charge on any atom is -0.435 e. The van der Waals surface area contributed by atoms with Crippen molar-refractivity contribution in [2.45, 2.75) is 40.2 Å². The van der Waals surface area contributed by atoms with Crippen molar-refractivity contribution in [3.05, 3.63) is 29.8 Å². The van der Waals surface area contributed by atoms with E-state index in [1.54, 1.807) is 18.2 Å². The monoisotopic (exact) mass is 216 g/mol. The summed E-state index contributed by atoms with van der Waals surface area (Å²) < 4.78 is 28.3. The number of hydrogen-bond donors (Lipinski definition) is 0. The van der Waals surface area contributed by atoms with Gasteiger partial charge >= 0.3 is 6.61 Å². The summed E-state index contributed by atoms with van der Waals surface area (Å²) in [5.41, 5.74) is 0.808. The number of benzene rings is 1. The lowest BCUT2D eigenvalue weighted by Gasteiger charge is -2.12. The van der Waals surface area contributed by atoms with Crippen molar-refractivity contribution in [3.63, 3.8) is 0 Å². The van der Waals surface area contributed by atoms with Crippen LogP contribution in [0.25, 0.3) is 0 Å². The van der Waals surface area contributed by atoms with Gasteiger partial charge in [-0.15, -0.1) is 0 Å². The molecule has 1 nitrogen and oxygen atoms in total. The molecule has 0 fully saturated rings. The molecule has 0 radical (unpaired) electrons.